The van der Waals surface area contributed by atoms with Crippen LogP contribution >= 0.6 is 0 Å². The van der Waals surface area contributed by atoms with Gasteiger partial charge in [-0.25, -0.2) is 15.2 Å². The fourth-order valence-electron chi connectivity index (χ4n) is 4.59. The second-order valence-electron chi connectivity index (χ2n) is 8.31. The highest BCUT2D eigenvalue weighted by Crippen LogP contribution is 2.31. The summed E-state index contributed by atoms with van der Waals surface area (Å²) < 4.78 is 7.04. The monoisotopic (exact) mass is 437 g/mol. The maximum absolute atomic E-state index is 13.4. The van der Waals surface area contributed by atoms with E-state index in [1.54, 1.807) is 23.0 Å². The predicted molar refractivity (Wildman–Crippen MR) is 122 cm³/mol. The second kappa shape index (κ2) is 7.52. The number of nitrogens with two attached hydrogens (primary N) is 1. The molecule has 1 aromatic carbocycles. The maximum atomic E-state index is 13.4. The van der Waals surface area contributed by atoms with Crippen molar-refractivity contribution >= 4 is 34.5 Å². The van der Waals surface area contributed by atoms with Crippen molar-refractivity contribution in [2.24, 2.45) is 7.05 Å². The highest BCUT2D eigenvalue weighted by molar-refractivity contribution is 5.93. The van der Waals surface area contributed by atoms with Crippen molar-refractivity contribution in [1.29, 1.82) is 0 Å². The first-order chi connectivity index (χ1) is 15.4. The molecule has 168 valence electrons. The first-order valence-corrected chi connectivity index (χ1v) is 10.6. The number of fused-ring (bicyclic) bond motifs is 2. The van der Waals surface area contributed by atoms with Gasteiger partial charge in [0, 0.05) is 32.7 Å². The third-order valence-corrected chi connectivity index (χ3v) is 6.29. The van der Waals surface area contributed by atoms with Crippen molar-refractivity contribution in [1.82, 2.24) is 30.1 Å². The Hall–Kier alpha value is -3.60. The zero-order valence-corrected chi connectivity index (χ0v) is 18.6. The van der Waals surface area contributed by atoms with Crippen LogP contribution in [0.4, 0.5) is 22.2 Å². The van der Waals surface area contributed by atoms with Gasteiger partial charge >= 0.3 is 6.03 Å². The number of anilines is 3. The van der Waals surface area contributed by atoms with Gasteiger partial charge in [0.1, 0.15) is 11.6 Å². The summed E-state index contributed by atoms with van der Waals surface area (Å²) >= 11 is 0. The summed E-state index contributed by atoms with van der Waals surface area (Å²) in [6.45, 7) is 5.91. The number of carbonyl (C=O) groups is 1. The lowest BCUT2D eigenvalue weighted by Crippen LogP contribution is -2.72. The van der Waals surface area contributed by atoms with Crippen molar-refractivity contribution in [3.8, 4) is 5.75 Å². The van der Waals surface area contributed by atoms with Gasteiger partial charge in [-0.2, -0.15) is 15.1 Å². The molecule has 2 saturated heterocycles. The van der Waals surface area contributed by atoms with Crippen LogP contribution in [0.25, 0.3) is 11.0 Å². The standard InChI is InChI=1S/C21H27N9O2/c1-12-9-14(5-6-17(12)32-4)30-21(31)29-8-7-28(11-16(29)13(2)26-30)19-15-10-23-27(3)18(15)24-20(22)25-19/h5-6,9-10,13,16,26H,7-8,11H2,1-4H3,(H2,22,24,25)/t13?,16-/m1/s1. The molecule has 5 rings (SSSR count). The highest BCUT2D eigenvalue weighted by Gasteiger charge is 2.42. The number of piperazine rings is 1. The fraction of sp³-hybridized carbons (Fsp3) is 0.429. The summed E-state index contributed by atoms with van der Waals surface area (Å²) in [6, 6.07) is 5.67. The number of ether oxygens (including phenoxy) is 1. The first kappa shape index (κ1) is 20.3. The predicted octanol–water partition coefficient (Wildman–Crippen LogP) is 1.29. The summed E-state index contributed by atoms with van der Waals surface area (Å²) in [7, 11) is 3.47. The molecule has 0 radical (unpaired) electrons. The summed E-state index contributed by atoms with van der Waals surface area (Å²) in [6.07, 6.45) is 1.76. The number of nitrogens with one attached hydrogen (secondary N) is 1. The number of nitrogen functional groups attached to an aromatic ring is 1. The molecule has 2 fully saturated rings. The van der Waals surface area contributed by atoms with E-state index in [4.69, 9.17) is 10.5 Å². The van der Waals surface area contributed by atoms with E-state index < -0.39 is 0 Å². The molecule has 0 bridgehead atoms. The Kier molecular flexibility index (Phi) is 4.77. The number of carbonyl (C=O) groups excluding carboxylic acids is 1. The molecule has 2 amide bonds. The number of nitrogens with zero attached hydrogens (tertiary/aromatic N) is 7. The van der Waals surface area contributed by atoms with Gasteiger partial charge < -0.3 is 20.3 Å². The molecule has 0 aliphatic carbocycles. The van der Waals surface area contributed by atoms with Crippen molar-refractivity contribution in [2.45, 2.75) is 25.9 Å². The van der Waals surface area contributed by atoms with Crippen molar-refractivity contribution in [3.05, 3.63) is 30.0 Å². The molecule has 0 spiro atoms. The van der Waals surface area contributed by atoms with Crippen molar-refractivity contribution in [3.63, 3.8) is 0 Å². The average Bonchev–Trinajstić information content (AvgIpc) is 3.15. The van der Waals surface area contributed by atoms with Gasteiger partial charge in [0.15, 0.2) is 5.65 Å². The Morgan fingerprint density at radius 1 is 1.25 bits per heavy atom. The number of rotatable bonds is 3. The van der Waals surface area contributed by atoms with Crippen molar-refractivity contribution in [2.75, 3.05) is 42.4 Å². The summed E-state index contributed by atoms with van der Waals surface area (Å²) in [4.78, 5) is 26.3. The van der Waals surface area contributed by atoms with E-state index in [-0.39, 0.29) is 24.1 Å². The van der Waals surface area contributed by atoms with E-state index in [9.17, 15) is 4.79 Å². The Morgan fingerprint density at radius 3 is 2.81 bits per heavy atom. The molecule has 4 heterocycles. The largest absolute Gasteiger partial charge is 0.496 e. The van der Waals surface area contributed by atoms with Gasteiger partial charge in [0.05, 0.1) is 30.4 Å². The number of aromatic nitrogens is 4. The topological polar surface area (TPSA) is 118 Å². The van der Waals surface area contributed by atoms with Crippen LogP contribution < -0.4 is 25.8 Å². The average molecular weight is 438 g/mol. The Morgan fingerprint density at radius 2 is 2.06 bits per heavy atom. The molecule has 1 unspecified atom stereocenters. The Labute approximate surface area is 185 Å². The van der Waals surface area contributed by atoms with Crippen LogP contribution in [0.1, 0.15) is 12.5 Å². The lowest BCUT2D eigenvalue weighted by molar-refractivity contribution is 0.129. The number of benzene rings is 1. The van der Waals surface area contributed by atoms with E-state index in [0.29, 0.717) is 25.3 Å². The number of hydrazine groups is 1. The molecule has 3 N–H and O–H groups in total. The minimum Gasteiger partial charge on any atom is -0.496 e. The van der Waals surface area contributed by atoms with Gasteiger partial charge in [-0.15, -0.1) is 0 Å². The molecule has 2 atom stereocenters. The van der Waals surface area contributed by atoms with E-state index in [1.807, 2.05) is 37.1 Å². The van der Waals surface area contributed by atoms with Crippen LogP contribution in [0.5, 0.6) is 5.75 Å². The van der Waals surface area contributed by atoms with E-state index in [0.717, 1.165) is 28.2 Å². The second-order valence-corrected chi connectivity index (χ2v) is 8.31. The van der Waals surface area contributed by atoms with Crippen LogP contribution in [-0.2, 0) is 7.05 Å². The fourth-order valence-corrected chi connectivity index (χ4v) is 4.59. The van der Waals surface area contributed by atoms with E-state index >= 15 is 0 Å². The van der Waals surface area contributed by atoms with Crippen LogP contribution in [0.3, 0.4) is 0 Å². The third-order valence-electron chi connectivity index (χ3n) is 6.29. The lowest BCUT2D eigenvalue weighted by Gasteiger charge is -2.50. The summed E-state index contributed by atoms with van der Waals surface area (Å²) in [5.41, 5.74) is 11.8. The molecule has 11 heteroatoms. The smallest absolute Gasteiger partial charge is 0.339 e. The van der Waals surface area contributed by atoms with Crippen molar-refractivity contribution < 1.29 is 9.53 Å². The molecular formula is C21H27N9O2. The lowest BCUT2D eigenvalue weighted by atomic mass is 10.0. The van der Waals surface area contributed by atoms with Gasteiger partial charge in [0.25, 0.3) is 0 Å². The molecule has 11 nitrogen and oxygen atoms in total. The molecular weight excluding hydrogens is 410 g/mol. The van der Waals surface area contributed by atoms with E-state index in [2.05, 4.69) is 32.3 Å². The number of hydrogen-bond donors (Lipinski definition) is 2. The minimum absolute atomic E-state index is 0.0187. The highest BCUT2D eigenvalue weighted by atomic mass is 16.5. The summed E-state index contributed by atoms with van der Waals surface area (Å²) in [5.74, 6) is 1.77. The molecule has 0 saturated carbocycles. The Bertz CT molecular complexity index is 1190. The number of methoxy groups -OCH3 is 1. The Balaban J connectivity index is 1.41. The maximum Gasteiger partial charge on any atom is 0.339 e. The zero-order valence-electron chi connectivity index (χ0n) is 18.6. The molecule has 32 heavy (non-hydrogen) atoms. The van der Waals surface area contributed by atoms with Gasteiger partial charge in [-0.1, -0.05) is 0 Å². The van der Waals surface area contributed by atoms with Crippen LogP contribution in [-0.4, -0.2) is 69.5 Å². The van der Waals surface area contributed by atoms with Gasteiger partial charge in [-0.3, -0.25) is 4.68 Å². The SMILES string of the molecule is COc1ccc(N2NC(C)[C@H]3CN(c4nc(N)nc5c4cnn5C)CCN3C2=O)cc1C. The van der Waals surface area contributed by atoms with Gasteiger partial charge in [-0.05, 0) is 37.6 Å². The molecule has 2 aliphatic rings. The quantitative estimate of drug-likeness (QED) is 0.629. The van der Waals surface area contributed by atoms with Gasteiger partial charge in [0.2, 0.25) is 5.95 Å². The van der Waals surface area contributed by atoms with Crippen LogP contribution in [0.15, 0.2) is 24.4 Å². The normalized spacial score (nSPS) is 21.2. The molecule has 2 aliphatic heterocycles. The van der Waals surface area contributed by atoms with Crippen LogP contribution in [0.2, 0.25) is 0 Å². The van der Waals surface area contributed by atoms with E-state index in [1.165, 1.54) is 0 Å². The number of hydrogen-bond acceptors (Lipinski definition) is 8. The number of urea groups is 1. The zero-order chi connectivity index (χ0) is 22.6. The minimum atomic E-state index is -0.0638. The number of aryl methyl sites for hydroxylation is 2. The third kappa shape index (κ3) is 3.16. The molecule has 3 aromatic rings. The number of amides is 2. The molecule has 2 aromatic heterocycles. The van der Waals surface area contributed by atoms with Crippen LogP contribution in [0, 0.1) is 6.92 Å². The summed E-state index contributed by atoms with van der Waals surface area (Å²) in [5, 5.41) is 6.79. The first-order valence-electron chi connectivity index (χ1n) is 10.6.